The summed E-state index contributed by atoms with van der Waals surface area (Å²) in [6, 6.07) is 22.0. The predicted molar refractivity (Wildman–Crippen MR) is 99.3 cm³/mol. The number of nitrogens with one attached hydrogen (secondary N) is 1. The fourth-order valence-corrected chi connectivity index (χ4v) is 3.23. The van der Waals surface area contributed by atoms with Crippen molar-refractivity contribution < 1.29 is 19.5 Å². The van der Waals surface area contributed by atoms with E-state index in [1.807, 2.05) is 60.7 Å². The highest BCUT2D eigenvalue weighted by atomic mass is 32.2. The maximum absolute atomic E-state index is 11.7. The normalized spacial score (nSPS) is 10.2. The molecule has 3 rings (SSSR count). The molecule has 0 saturated carbocycles. The number of rotatable bonds is 6. The molecule has 0 atom stereocenters. The van der Waals surface area contributed by atoms with E-state index in [1.165, 1.54) is 11.8 Å². The second-order valence-corrected chi connectivity index (χ2v) is 6.40. The van der Waals surface area contributed by atoms with Crippen LogP contribution in [0.25, 0.3) is 0 Å². The summed E-state index contributed by atoms with van der Waals surface area (Å²) >= 11 is 1.43. The molecular weight excluding hydrogens is 350 g/mol. The van der Waals surface area contributed by atoms with Gasteiger partial charge in [-0.25, -0.2) is 5.48 Å². The standard InChI is InChI=1S/C20H17NO4S/c1-24-14-6-8-15(9-7-14)25-16-10-12-17(13-11-16)26-19-5-3-2-4-18(19)20(22)21-23/h2-13,23H,1H3,(H,21,22). The number of hydrogen-bond donors (Lipinski definition) is 2. The van der Waals surface area contributed by atoms with Gasteiger partial charge in [-0.05, 0) is 60.7 Å². The van der Waals surface area contributed by atoms with E-state index < -0.39 is 5.91 Å². The third-order valence-corrected chi connectivity index (χ3v) is 4.66. The molecule has 0 aliphatic carbocycles. The molecule has 26 heavy (non-hydrogen) atoms. The van der Waals surface area contributed by atoms with Crippen LogP contribution >= 0.6 is 11.8 Å². The molecule has 0 aliphatic rings. The van der Waals surface area contributed by atoms with Crippen LogP contribution in [0.3, 0.4) is 0 Å². The van der Waals surface area contributed by atoms with Gasteiger partial charge in [0, 0.05) is 9.79 Å². The molecule has 6 heteroatoms. The molecule has 0 spiro atoms. The lowest BCUT2D eigenvalue weighted by atomic mass is 10.2. The lowest BCUT2D eigenvalue weighted by Gasteiger charge is -2.09. The van der Waals surface area contributed by atoms with Crippen LogP contribution in [0.1, 0.15) is 10.4 Å². The van der Waals surface area contributed by atoms with Gasteiger partial charge in [-0.15, -0.1) is 0 Å². The van der Waals surface area contributed by atoms with Crippen molar-refractivity contribution in [1.29, 1.82) is 0 Å². The second kappa shape index (κ2) is 8.42. The van der Waals surface area contributed by atoms with Gasteiger partial charge in [-0.1, -0.05) is 23.9 Å². The zero-order valence-electron chi connectivity index (χ0n) is 14.0. The lowest BCUT2D eigenvalue weighted by Crippen LogP contribution is -2.19. The lowest BCUT2D eigenvalue weighted by molar-refractivity contribution is 0.0703. The van der Waals surface area contributed by atoms with Crippen molar-refractivity contribution >= 4 is 17.7 Å². The zero-order chi connectivity index (χ0) is 18.4. The molecule has 1 amide bonds. The molecule has 0 heterocycles. The molecule has 0 bridgehead atoms. The number of hydrogen-bond acceptors (Lipinski definition) is 5. The van der Waals surface area contributed by atoms with Gasteiger partial charge in [0.1, 0.15) is 17.2 Å². The Kier molecular flexibility index (Phi) is 5.78. The first kappa shape index (κ1) is 17.8. The Hall–Kier alpha value is -2.96. The first-order chi connectivity index (χ1) is 12.7. The maximum atomic E-state index is 11.7. The molecule has 0 aliphatic heterocycles. The number of methoxy groups -OCH3 is 1. The highest BCUT2D eigenvalue weighted by Crippen LogP contribution is 2.32. The summed E-state index contributed by atoms with van der Waals surface area (Å²) in [4.78, 5) is 13.4. The van der Waals surface area contributed by atoms with E-state index in [-0.39, 0.29) is 0 Å². The highest BCUT2D eigenvalue weighted by molar-refractivity contribution is 7.99. The molecule has 132 valence electrons. The number of ether oxygens (including phenoxy) is 2. The zero-order valence-corrected chi connectivity index (χ0v) is 14.8. The quantitative estimate of drug-likeness (QED) is 0.486. The Morgan fingerprint density at radius 2 is 1.46 bits per heavy atom. The SMILES string of the molecule is COc1ccc(Oc2ccc(Sc3ccccc3C(=O)NO)cc2)cc1. The van der Waals surface area contributed by atoms with E-state index in [0.29, 0.717) is 11.3 Å². The summed E-state index contributed by atoms with van der Waals surface area (Å²) in [5.41, 5.74) is 2.09. The minimum Gasteiger partial charge on any atom is -0.497 e. The molecule has 2 N–H and O–H groups in total. The van der Waals surface area contributed by atoms with Crippen LogP contribution in [0.15, 0.2) is 82.6 Å². The van der Waals surface area contributed by atoms with E-state index >= 15 is 0 Å². The molecule has 5 nitrogen and oxygen atoms in total. The topological polar surface area (TPSA) is 67.8 Å². The summed E-state index contributed by atoms with van der Waals surface area (Å²) < 4.78 is 10.9. The van der Waals surface area contributed by atoms with Crippen molar-refractivity contribution in [2.75, 3.05) is 7.11 Å². The molecule has 0 radical (unpaired) electrons. The average molecular weight is 367 g/mol. The minimum absolute atomic E-state index is 0.415. The van der Waals surface area contributed by atoms with Crippen molar-refractivity contribution in [3.8, 4) is 17.2 Å². The fourth-order valence-electron chi connectivity index (χ4n) is 2.29. The van der Waals surface area contributed by atoms with Crippen molar-refractivity contribution in [2.45, 2.75) is 9.79 Å². The van der Waals surface area contributed by atoms with Gasteiger partial charge in [0.15, 0.2) is 0 Å². The summed E-state index contributed by atoms with van der Waals surface area (Å²) in [5.74, 6) is 1.67. The summed E-state index contributed by atoms with van der Waals surface area (Å²) in [7, 11) is 1.62. The van der Waals surface area contributed by atoms with Gasteiger partial charge < -0.3 is 9.47 Å². The molecule has 0 aromatic heterocycles. The molecular formula is C20H17NO4S. The van der Waals surface area contributed by atoms with Gasteiger partial charge in [-0.2, -0.15) is 0 Å². The van der Waals surface area contributed by atoms with Gasteiger partial charge in [0.05, 0.1) is 12.7 Å². The van der Waals surface area contributed by atoms with Gasteiger partial charge in [-0.3, -0.25) is 10.0 Å². The maximum Gasteiger partial charge on any atom is 0.275 e. The summed E-state index contributed by atoms with van der Waals surface area (Å²) in [5, 5.41) is 8.86. The van der Waals surface area contributed by atoms with E-state index in [4.69, 9.17) is 14.7 Å². The molecule has 3 aromatic carbocycles. The largest absolute Gasteiger partial charge is 0.497 e. The van der Waals surface area contributed by atoms with E-state index in [0.717, 1.165) is 21.3 Å². The Bertz CT molecular complexity index is 879. The number of carbonyl (C=O) groups excluding carboxylic acids is 1. The number of amides is 1. The molecule has 0 saturated heterocycles. The first-order valence-corrected chi connectivity index (χ1v) is 8.64. The van der Waals surface area contributed by atoms with Crippen LogP contribution in [0.2, 0.25) is 0 Å². The Labute approximate surface area is 155 Å². The monoisotopic (exact) mass is 367 g/mol. The van der Waals surface area contributed by atoms with Crippen LogP contribution in [0.5, 0.6) is 17.2 Å². The van der Waals surface area contributed by atoms with Gasteiger partial charge in [0.25, 0.3) is 5.91 Å². The van der Waals surface area contributed by atoms with Crippen molar-refractivity contribution in [3.63, 3.8) is 0 Å². The van der Waals surface area contributed by atoms with Crippen LogP contribution in [0.4, 0.5) is 0 Å². The van der Waals surface area contributed by atoms with Crippen LogP contribution in [-0.4, -0.2) is 18.2 Å². The fraction of sp³-hybridized carbons (Fsp3) is 0.0500. The summed E-state index contributed by atoms with van der Waals surface area (Å²) in [6.07, 6.45) is 0. The van der Waals surface area contributed by atoms with Crippen molar-refractivity contribution in [1.82, 2.24) is 5.48 Å². The third kappa shape index (κ3) is 4.36. The van der Waals surface area contributed by atoms with Gasteiger partial charge in [0.2, 0.25) is 0 Å². The van der Waals surface area contributed by atoms with Crippen molar-refractivity contribution in [2.24, 2.45) is 0 Å². The number of hydroxylamine groups is 1. The van der Waals surface area contributed by atoms with E-state index in [2.05, 4.69) is 0 Å². The smallest absolute Gasteiger partial charge is 0.275 e. The Morgan fingerprint density at radius 3 is 2.08 bits per heavy atom. The number of benzene rings is 3. The minimum atomic E-state index is -0.535. The predicted octanol–water partition coefficient (Wildman–Crippen LogP) is 4.76. The molecule has 0 unspecified atom stereocenters. The Morgan fingerprint density at radius 1 is 0.885 bits per heavy atom. The Balaban J connectivity index is 1.71. The summed E-state index contributed by atoms with van der Waals surface area (Å²) in [6.45, 7) is 0. The van der Waals surface area contributed by atoms with E-state index in [1.54, 1.807) is 24.7 Å². The van der Waals surface area contributed by atoms with Crippen LogP contribution in [-0.2, 0) is 0 Å². The second-order valence-electron chi connectivity index (χ2n) is 5.29. The number of carbonyl (C=O) groups is 1. The van der Waals surface area contributed by atoms with Crippen molar-refractivity contribution in [3.05, 3.63) is 78.4 Å². The van der Waals surface area contributed by atoms with E-state index in [9.17, 15) is 4.79 Å². The molecule has 3 aromatic rings. The molecule has 0 fully saturated rings. The average Bonchev–Trinajstić information content (AvgIpc) is 2.70. The third-order valence-electron chi connectivity index (χ3n) is 3.58. The highest BCUT2D eigenvalue weighted by Gasteiger charge is 2.11. The van der Waals surface area contributed by atoms with Crippen LogP contribution < -0.4 is 15.0 Å². The first-order valence-electron chi connectivity index (χ1n) is 7.83. The van der Waals surface area contributed by atoms with Crippen LogP contribution in [0, 0.1) is 0 Å². The van der Waals surface area contributed by atoms with Gasteiger partial charge >= 0.3 is 0 Å².